The normalized spacial score (nSPS) is 0. The third-order valence-corrected chi connectivity index (χ3v) is 0. The first-order valence-electron chi connectivity index (χ1n) is 0. The molecule has 5 heavy (non-hydrogen) atoms. The van der Waals surface area contributed by atoms with Crippen molar-refractivity contribution in [2.24, 2.45) is 0 Å². The molecule has 0 aromatic carbocycles. The SMILES string of the molecule is O.O.O.O.[Ce+4]. The van der Waals surface area contributed by atoms with Gasteiger partial charge >= 0.3 is 41.7 Å². The van der Waals surface area contributed by atoms with Gasteiger partial charge in [-0.05, 0) is 0 Å². The average molecular weight is 212 g/mol. The maximum Gasteiger partial charge on any atom is 4.00 e. The van der Waals surface area contributed by atoms with Crippen LogP contribution in [0.15, 0.2) is 0 Å². The van der Waals surface area contributed by atoms with Crippen LogP contribution in [0.5, 0.6) is 0 Å². The summed E-state index contributed by atoms with van der Waals surface area (Å²) in [5.41, 5.74) is 0. The number of rotatable bonds is 0. The summed E-state index contributed by atoms with van der Waals surface area (Å²) in [6.45, 7) is 0. The first-order chi connectivity index (χ1) is 0. The van der Waals surface area contributed by atoms with E-state index in [0.29, 0.717) is 0 Å². The maximum absolute atomic E-state index is 0. The summed E-state index contributed by atoms with van der Waals surface area (Å²) in [4.78, 5) is 0. The smallest absolute Gasteiger partial charge is 0.412 e. The van der Waals surface area contributed by atoms with Gasteiger partial charge in [0.15, 0.2) is 0 Å². The van der Waals surface area contributed by atoms with Crippen LogP contribution in [0.4, 0.5) is 0 Å². The van der Waals surface area contributed by atoms with Crippen molar-refractivity contribution in [3.05, 3.63) is 0 Å². The van der Waals surface area contributed by atoms with Gasteiger partial charge in [0.2, 0.25) is 0 Å². The summed E-state index contributed by atoms with van der Waals surface area (Å²) in [7, 11) is 0. The minimum absolute atomic E-state index is 0. The maximum atomic E-state index is 0. The molecule has 0 heterocycles. The zero-order valence-electron chi connectivity index (χ0n) is 2.50. The van der Waals surface area contributed by atoms with Crippen molar-refractivity contribution >= 4 is 0 Å². The molecule has 0 unspecified atom stereocenters. The molecule has 0 aliphatic heterocycles. The predicted molar refractivity (Wildman–Crippen MR) is 14.5 cm³/mol. The fourth-order valence-electron chi connectivity index (χ4n) is 0. The van der Waals surface area contributed by atoms with E-state index in [0.717, 1.165) is 0 Å². The molecular weight excluding hydrogens is 204 g/mol. The zero-order valence-corrected chi connectivity index (χ0v) is 5.64. The molecule has 0 bridgehead atoms. The molecule has 0 aliphatic rings. The Morgan fingerprint density at radius 3 is 0.400 bits per heavy atom. The van der Waals surface area contributed by atoms with Crippen molar-refractivity contribution in [2.75, 3.05) is 0 Å². The van der Waals surface area contributed by atoms with Gasteiger partial charge in [-0.1, -0.05) is 0 Å². The van der Waals surface area contributed by atoms with Crippen LogP contribution in [0.3, 0.4) is 0 Å². The Balaban J connectivity index is 0. The van der Waals surface area contributed by atoms with E-state index in [2.05, 4.69) is 0 Å². The van der Waals surface area contributed by atoms with Gasteiger partial charge in [-0.3, -0.25) is 0 Å². The Morgan fingerprint density at radius 2 is 0.400 bits per heavy atom. The number of hydrogen-bond donors (Lipinski definition) is 0. The average Bonchev–Trinajstić information content (AvgIpc) is 0. The van der Waals surface area contributed by atoms with E-state index in [4.69, 9.17) is 0 Å². The first kappa shape index (κ1) is 114. The molecule has 0 radical (unpaired) electrons. The van der Waals surface area contributed by atoms with Crippen LogP contribution in [0, 0.1) is 41.7 Å². The van der Waals surface area contributed by atoms with Crippen LogP contribution in [0.25, 0.3) is 0 Å². The second kappa shape index (κ2) is 62.7. The van der Waals surface area contributed by atoms with Gasteiger partial charge in [-0.15, -0.1) is 0 Å². The van der Waals surface area contributed by atoms with Gasteiger partial charge in [-0.25, -0.2) is 0 Å². The molecule has 4 nitrogen and oxygen atoms in total. The Hall–Kier alpha value is 1.22. The summed E-state index contributed by atoms with van der Waals surface area (Å²) < 4.78 is 0. The largest absolute Gasteiger partial charge is 4.00 e. The Labute approximate surface area is 63.2 Å². The summed E-state index contributed by atoms with van der Waals surface area (Å²) in [5, 5.41) is 0. The Kier molecular flexibility index (Phi) is 1430. The molecule has 0 fully saturated rings. The molecule has 0 aromatic rings. The molecule has 0 spiro atoms. The van der Waals surface area contributed by atoms with E-state index in [1.165, 1.54) is 0 Å². The van der Waals surface area contributed by atoms with Crippen LogP contribution < -0.4 is 0 Å². The van der Waals surface area contributed by atoms with Crippen molar-refractivity contribution in [2.45, 2.75) is 0 Å². The van der Waals surface area contributed by atoms with Crippen LogP contribution >= 0.6 is 0 Å². The van der Waals surface area contributed by atoms with Crippen molar-refractivity contribution in [1.29, 1.82) is 0 Å². The topological polar surface area (TPSA) is 126 Å². The minimum Gasteiger partial charge on any atom is -0.412 e. The first-order valence-corrected chi connectivity index (χ1v) is 0. The van der Waals surface area contributed by atoms with Gasteiger partial charge in [0, 0.05) is 0 Å². The van der Waals surface area contributed by atoms with Gasteiger partial charge in [0.05, 0.1) is 0 Å². The van der Waals surface area contributed by atoms with Crippen LogP contribution in [0.2, 0.25) is 0 Å². The molecule has 0 aromatic heterocycles. The summed E-state index contributed by atoms with van der Waals surface area (Å²) in [5.74, 6) is 0. The van der Waals surface area contributed by atoms with E-state index in [1.807, 2.05) is 0 Å². The van der Waals surface area contributed by atoms with Crippen molar-refractivity contribution in [1.82, 2.24) is 0 Å². The fourth-order valence-corrected chi connectivity index (χ4v) is 0. The van der Waals surface area contributed by atoms with Crippen molar-refractivity contribution in [3.63, 3.8) is 0 Å². The van der Waals surface area contributed by atoms with E-state index in [1.54, 1.807) is 0 Å². The van der Waals surface area contributed by atoms with Gasteiger partial charge in [0.1, 0.15) is 0 Å². The van der Waals surface area contributed by atoms with E-state index >= 15 is 0 Å². The van der Waals surface area contributed by atoms with Gasteiger partial charge < -0.3 is 21.9 Å². The summed E-state index contributed by atoms with van der Waals surface area (Å²) in [6.07, 6.45) is 0. The second-order valence-electron chi connectivity index (χ2n) is 0. The van der Waals surface area contributed by atoms with Crippen LogP contribution in [-0.2, 0) is 0 Å². The molecule has 8 N–H and O–H groups in total. The van der Waals surface area contributed by atoms with Gasteiger partial charge in [-0.2, -0.15) is 0 Å². The predicted octanol–water partition coefficient (Wildman–Crippen LogP) is -3.30. The molecular formula is H8CeO4+4. The molecule has 0 saturated carbocycles. The third-order valence-electron chi connectivity index (χ3n) is 0. The molecule has 0 amide bonds. The molecule has 0 saturated heterocycles. The number of hydrogen-bond acceptors (Lipinski definition) is 0. The van der Waals surface area contributed by atoms with Gasteiger partial charge in [0.25, 0.3) is 0 Å². The second-order valence-corrected chi connectivity index (χ2v) is 0. The standard InChI is InChI=1S/Ce.4H2O/h;4*1H2/q+4;;;;. The Morgan fingerprint density at radius 1 is 0.400 bits per heavy atom. The molecule has 0 rings (SSSR count). The minimum atomic E-state index is 0. The summed E-state index contributed by atoms with van der Waals surface area (Å²) in [6, 6.07) is 0. The van der Waals surface area contributed by atoms with E-state index < -0.39 is 0 Å². The molecule has 0 atom stereocenters. The Bertz CT molecular complexity index is 3.61. The van der Waals surface area contributed by atoms with Crippen LogP contribution in [-0.4, -0.2) is 21.9 Å². The zero-order chi connectivity index (χ0) is 0. The molecule has 32 valence electrons. The fraction of sp³-hybridized carbons (Fsp3) is 0. The van der Waals surface area contributed by atoms with Crippen molar-refractivity contribution in [3.8, 4) is 0 Å². The van der Waals surface area contributed by atoms with Crippen molar-refractivity contribution < 1.29 is 63.7 Å². The van der Waals surface area contributed by atoms with E-state index in [-0.39, 0.29) is 63.7 Å². The van der Waals surface area contributed by atoms with Crippen LogP contribution in [0.1, 0.15) is 0 Å². The quantitative estimate of drug-likeness (QED) is 0.399. The third kappa shape index (κ3) is 36.5. The molecule has 5 heteroatoms. The monoisotopic (exact) mass is 212 g/mol. The molecule has 0 aliphatic carbocycles. The van der Waals surface area contributed by atoms with E-state index in [9.17, 15) is 0 Å². The summed E-state index contributed by atoms with van der Waals surface area (Å²) >= 11 is 0.